The highest BCUT2D eigenvalue weighted by molar-refractivity contribution is 5.73. The summed E-state index contributed by atoms with van der Waals surface area (Å²) in [6.45, 7) is 3.54. The van der Waals surface area contributed by atoms with Crippen LogP contribution in [0.25, 0.3) is 0 Å². The number of carbonyl (C=O) groups excluding carboxylic acids is 1. The van der Waals surface area contributed by atoms with E-state index in [0.29, 0.717) is 39.1 Å². The normalized spacial score (nSPS) is 9.50. The summed E-state index contributed by atoms with van der Waals surface area (Å²) in [5.74, 6) is 4.16. The van der Waals surface area contributed by atoms with Crippen molar-refractivity contribution in [1.29, 1.82) is 0 Å². The molecule has 0 radical (unpaired) electrons. The first-order valence-corrected chi connectivity index (χ1v) is 5.37. The van der Waals surface area contributed by atoms with Crippen LogP contribution in [0.15, 0.2) is 0 Å². The smallest absolute Gasteiger partial charge is 0.310 e. The Labute approximate surface area is 97.5 Å². The number of hydrogen-bond donors (Lipinski definition) is 0. The first-order chi connectivity index (χ1) is 7.76. The van der Waals surface area contributed by atoms with Gasteiger partial charge in [-0.1, -0.05) is 0 Å². The fourth-order valence-electron chi connectivity index (χ4n) is 1.12. The number of carbonyl (C=O) groups is 1. The number of ether oxygens (including phenoxy) is 2. The van der Waals surface area contributed by atoms with Crippen LogP contribution in [0.2, 0.25) is 0 Å². The molecule has 0 amide bonds. The minimum atomic E-state index is -0.373. The van der Waals surface area contributed by atoms with Gasteiger partial charge in [0.1, 0.15) is 0 Å². The lowest BCUT2D eigenvalue weighted by molar-refractivity contribution is -0.148. The molecule has 0 unspecified atom stereocenters. The topological polar surface area (TPSA) is 35.5 Å². The minimum absolute atomic E-state index is 0.313. The van der Waals surface area contributed by atoms with Gasteiger partial charge in [0.25, 0.3) is 0 Å². The average Bonchev–Trinajstić information content (AvgIpc) is 2.28. The molecular formula is C13H18O3. The van der Waals surface area contributed by atoms with Gasteiger partial charge >= 0.3 is 5.97 Å². The van der Waals surface area contributed by atoms with Crippen molar-refractivity contribution < 1.29 is 14.3 Å². The molecule has 0 aliphatic heterocycles. The maximum atomic E-state index is 11.5. The lowest BCUT2D eigenvalue weighted by atomic mass is 10.0. The number of terminal acetylenes is 2. The third-order valence-electron chi connectivity index (χ3n) is 1.94. The lowest BCUT2D eigenvalue weighted by Crippen LogP contribution is -2.18. The standard InChI is InChI=1S/C13H18O3/c1-4-8-12(9-5-2)13(14)16-11-7-10-15-6-3/h1-2,12H,6-11H2,3H3. The maximum Gasteiger partial charge on any atom is 0.310 e. The number of rotatable bonds is 8. The Morgan fingerprint density at radius 3 is 2.38 bits per heavy atom. The van der Waals surface area contributed by atoms with Crippen LogP contribution in [0.4, 0.5) is 0 Å². The molecule has 0 aromatic rings. The Bertz CT molecular complexity index is 254. The Morgan fingerprint density at radius 2 is 1.88 bits per heavy atom. The Hall–Kier alpha value is -1.45. The van der Waals surface area contributed by atoms with Crippen LogP contribution in [-0.4, -0.2) is 25.8 Å². The SMILES string of the molecule is C#CCC(CC#C)C(=O)OCCCOCC. The Morgan fingerprint density at radius 1 is 1.25 bits per heavy atom. The van der Waals surface area contributed by atoms with E-state index in [0.717, 1.165) is 0 Å². The monoisotopic (exact) mass is 222 g/mol. The van der Waals surface area contributed by atoms with E-state index in [4.69, 9.17) is 22.3 Å². The van der Waals surface area contributed by atoms with E-state index in [1.54, 1.807) is 0 Å². The Kier molecular flexibility index (Phi) is 9.17. The molecular weight excluding hydrogens is 204 g/mol. The molecule has 0 N–H and O–H groups in total. The van der Waals surface area contributed by atoms with E-state index in [1.165, 1.54) is 0 Å². The molecule has 0 aliphatic rings. The molecule has 0 saturated carbocycles. The van der Waals surface area contributed by atoms with Gasteiger partial charge in [-0.3, -0.25) is 4.79 Å². The summed E-state index contributed by atoms with van der Waals surface area (Å²) in [5.41, 5.74) is 0. The molecule has 3 nitrogen and oxygen atoms in total. The van der Waals surface area contributed by atoms with Crippen LogP contribution in [0.3, 0.4) is 0 Å². The van der Waals surface area contributed by atoms with Gasteiger partial charge in [-0.2, -0.15) is 0 Å². The molecule has 0 aliphatic carbocycles. The third-order valence-corrected chi connectivity index (χ3v) is 1.94. The van der Waals surface area contributed by atoms with Crippen molar-refractivity contribution in [2.24, 2.45) is 5.92 Å². The largest absolute Gasteiger partial charge is 0.465 e. The van der Waals surface area contributed by atoms with Gasteiger partial charge in [0.05, 0.1) is 12.5 Å². The van der Waals surface area contributed by atoms with Crippen LogP contribution in [0, 0.1) is 30.6 Å². The molecule has 0 bridgehead atoms. The molecule has 0 aromatic carbocycles. The predicted octanol–water partition coefficient (Wildman–Crippen LogP) is 1.62. The zero-order valence-corrected chi connectivity index (χ0v) is 9.70. The van der Waals surface area contributed by atoms with Crippen molar-refractivity contribution in [2.45, 2.75) is 26.2 Å². The number of esters is 1. The molecule has 16 heavy (non-hydrogen) atoms. The van der Waals surface area contributed by atoms with Crippen molar-refractivity contribution >= 4 is 5.97 Å². The fourth-order valence-corrected chi connectivity index (χ4v) is 1.12. The van der Waals surface area contributed by atoms with Gasteiger partial charge in [-0.15, -0.1) is 24.7 Å². The van der Waals surface area contributed by atoms with E-state index in [9.17, 15) is 4.79 Å². The van der Waals surface area contributed by atoms with Gasteiger partial charge < -0.3 is 9.47 Å². The van der Waals surface area contributed by atoms with Crippen molar-refractivity contribution in [2.75, 3.05) is 19.8 Å². The first kappa shape index (κ1) is 14.6. The third kappa shape index (κ3) is 6.92. The highest BCUT2D eigenvalue weighted by Crippen LogP contribution is 2.09. The molecule has 88 valence electrons. The van der Waals surface area contributed by atoms with Crippen LogP contribution < -0.4 is 0 Å². The van der Waals surface area contributed by atoms with Gasteiger partial charge in [0.15, 0.2) is 0 Å². The highest BCUT2D eigenvalue weighted by Gasteiger charge is 2.17. The summed E-state index contributed by atoms with van der Waals surface area (Å²) in [6, 6.07) is 0. The first-order valence-electron chi connectivity index (χ1n) is 5.37. The molecule has 0 saturated heterocycles. The maximum absolute atomic E-state index is 11.5. The van der Waals surface area contributed by atoms with Crippen molar-refractivity contribution in [1.82, 2.24) is 0 Å². The van der Waals surface area contributed by atoms with Gasteiger partial charge in [0.2, 0.25) is 0 Å². The van der Waals surface area contributed by atoms with E-state index in [2.05, 4.69) is 11.8 Å². The van der Waals surface area contributed by atoms with Crippen molar-refractivity contribution in [3.8, 4) is 24.7 Å². The molecule has 0 heterocycles. The summed E-state index contributed by atoms with van der Waals surface area (Å²) >= 11 is 0. The van der Waals surface area contributed by atoms with Gasteiger partial charge in [0, 0.05) is 32.5 Å². The second kappa shape index (κ2) is 10.1. The molecule has 3 heteroatoms. The average molecular weight is 222 g/mol. The quantitative estimate of drug-likeness (QED) is 0.355. The van der Waals surface area contributed by atoms with E-state index >= 15 is 0 Å². The fraction of sp³-hybridized carbons (Fsp3) is 0.615. The van der Waals surface area contributed by atoms with Crippen LogP contribution in [0.5, 0.6) is 0 Å². The zero-order chi connectivity index (χ0) is 12.2. The van der Waals surface area contributed by atoms with Crippen molar-refractivity contribution in [3.05, 3.63) is 0 Å². The molecule has 0 aromatic heterocycles. The molecule has 0 rings (SSSR count). The Balaban J connectivity index is 3.76. The summed E-state index contributed by atoms with van der Waals surface area (Å²) in [7, 11) is 0. The van der Waals surface area contributed by atoms with Crippen molar-refractivity contribution in [3.63, 3.8) is 0 Å². The summed E-state index contributed by atoms with van der Waals surface area (Å²) in [6.07, 6.45) is 11.6. The van der Waals surface area contributed by atoms with Gasteiger partial charge in [-0.25, -0.2) is 0 Å². The molecule has 0 atom stereocenters. The van der Waals surface area contributed by atoms with Crippen LogP contribution in [-0.2, 0) is 14.3 Å². The summed E-state index contributed by atoms with van der Waals surface area (Å²) in [5, 5.41) is 0. The lowest BCUT2D eigenvalue weighted by Gasteiger charge is -2.10. The summed E-state index contributed by atoms with van der Waals surface area (Å²) < 4.78 is 10.2. The molecule has 0 spiro atoms. The predicted molar refractivity (Wildman–Crippen MR) is 62.5 cm³/mol. The van der Waals surface area contributed by atoms with Crippen LogP contribution in [0.1, 0.15) is 26.2 Å². The zero-order valence-electron chi connectivity index (χ0n) is 9.70. The number of hydrogen-bond acceptors (Lipinski definition) is 3. The second-order valence-corrected chi connectivity index (χ2v) is 3.23. The molecule has 0 fully saturated rings. The van der Waals surface area contributed by atoms with E-state index in [1.807, 2.05) is 6.92 Å². The minimum Gasteiger partial charge on any atom is -0.465 e. The van der Waals surface area contributed by atoms with E-state index < -0.39 is 0 Å². The summed E-state index contributed by atoms with van der Waals surface area (Å²) in [4.78, 5) is 11.5. The van der Waals surface area contributed by atoms with E-state index in [-0.39, 0.29) is 11.9 Å². The highest BCUT2D eigenvalue weighted by atomic mass is 16.5. The second-order valence-electron chi connectivity index (χ2n) is 3.23. The van der Waals surface area contributed by atoms with Gasteiger partial charge in [-0.05, 0) is 6.92 Å². The van der Waals surface area contributed by atoms with Crippen LogP contribution >= 0.6 is 0 Å².